The number of nitrogens with one attached hydrogen (secondary N) is 1. The minimum atomic E-state index is -0.901. The fourth-order valence-electron chi connectivity index (χ4n) is 3.11. The predicted molar refractivity (Wildman–Crippen MR) is 91.6 cm³/mol. The molecule has 1 amide bonds. The van der Waals surface area contributed by atoms with Gasteiger partial charge in [0.2, 0.25) is 5.91 Å². The second-order valence-corrected chi connectivity index (χ2v) is 6.96. The van der Waals surface area contributed by atoms with Crippen LogP contribution in [0.3, 0.4) is 0 Å². The summed E-state index contributed by atoms with van der Waals surface area (Å²) in [7, 11) is 0. The summed E-state index contributed by atoms with van der Waals surface area (Å²) in [6.07, 6.45) is 1.54. The van der Waals surface area contributed by atoms with Gasteiger partial charge in [-0.1, -0.05) is 44.2 Å². The molecule has 1 heterocycles. The molecule has 1 aromatic carbocycles. The number of carboxylic acids is 1. The van der Waals surface area contributed by atoms with Gasteiger partial charge in [-0.3, -0.25) is 9.59 Å². The van der Waals surface area contributed by atoms with Gasteiger partial charge >= 0.3 is 5.97 Å². The van der Waals surface area contributed by atoms with Crippen molar-refractivity contribution in [2.45, 2.75) is 33.1 Å². The number of amides is 1. The van der Waals surface area contributed by atoms with Crippen LogP contribution in [0.15, 0.2) is 30.3 Å². The van der Waals surface area contributed by atoms with Crippen LogP contribution in [0.5, 0.6) is 0 Å². The average molecular weight is 333 g/mol. The first-order chi connectivity index (χ1) is 11.4. The summed E-state index contributed by atoms with van der Waals surface area (Å²) in [4.78, 5) is 24.3. The van der Waals surface area contributed by atoms with E-state index in [1.54, 1.807) is 0 Å². The summed E-state index contributed by atoms with van der Waals surface area (Å²) in [5, 5.41) is 12.5. The number of carbonyl (C=O) groups excluding carboxylic acids is 1. The van der Waals surface area contributed by atoms with Gasteiger partial charge in [0.25, 0.3) is 0 Å². The Kier molecular flexibility index (Phi) is 6.37. The Morgan fingerprint density at radius 3 is 2.38 bits per heavy atom. The van der Waals surface area contributed by atoms with Crippen molar-refractivity contribution in [2.75, 3.05) is 19.8 Å². The van der Waals surface area contributed by atoms with Gasteiger partial charge < -0.3 is 15.2 Å². The van der Waals surface area contributed by atoms with Crippen molar-refractivity contribution in [3.8, 4) is 0 Å². The van der Waals surface area contributed by atoms with Crippen LogP contribution in [0.25, 0.3) is 0 Å². The van der Waals surface area contributed by atoms with Crippen molar-refractivity contribution in [3.63, 3.8) is 0 Å². The van der Waals surface area contributed by atoms with Crippen LogP contribution in [-0.4, -0.2) is 36.7 Å². The number of ether oxygens (including phenoxy) is 1. The molecule has 1 aliphatic rings. The Labute approximate surface area is 143 Å². The summed E-state index contributed by atoms with van der Waals surface area (Å²) in [5.74, 6) is -0.907. The van der Waals surface area contributed by atoms with Gasteiger partial charge in [0.05, 0.1) is 5.41 Å². The highest BCUT2D eigenvalue weighted by Crippen LogP contribution is 2.30. The maximum absolute atomic E-state index is 12.7. The molecular weight excluding hydrogens is 306 g/mol. The molecule has 1 unspecified atom stereocenters. The van der Waals surface area contributed by atoms with Crippen molar-refractivity contribution >= 4 is 11.9 Å². The van der Waals surface area contributed by atoms with Gasteiger partial charge in [-0.2, -0.15) is 0 Å². The molecule has 0 bridgehead atoms. The summed E-state index contributed by atoms with van der Waals surface area (Å²) >= 11 is 0. The third-order valence-electron chi connectivity index (χ3n) is 4.94. The van der Waals surface area contributed by atoms with Crippen LogP contribution in [0.2, 0.25) is 0 Å². The lowest BCUT2D eigenvalue weighted by Gasteiger charge is -2.34. The standard InChI is InChI=1S/C19H27NO4/c1-14(2)16(12-15-6-4-3-5-7-15)17(21)20-13-19(18(22)23)8-10-24-11-9-19/h3-7,14,16H,8-13H2,1-2H3,(H,20,21)(H,22,23). The summed E-state index contributed by atoms with van der Waals surface area (Å²) in [6, 6.07) is 9.91. The first-order valence-corrected chi connectivity index (χ1v) is 8.57. The Balaban J connectivity index is 2.01. The molecular formula is C19H27NO4. The number of hydrogen-bond acceptors (Lipinski definition) is 3. The third-order valence-corrected chi connectivity index (χ3v) is 4.94. The smallest absolute Gasteiger partial charge is 0.311 e. The molecule has 24 heavy (non-hydrogen) atoms. The molecule has 5 heteroatoms. The summed E-state index contributed by atoms with van der Waals surface area (Å²) in [5.41, 5.74) is 0.215. The van der Waals surface area contributed by atoms with E-state index in [9.17, 15) is 14.7 Å². The lowest BCUT2D eigenvalue weighted by molar-refractivity contribution is -0.154. The van der Waals surface area contributed by atoms with Crippen LogP contribution in [0.4, 0.5) is 0 Å². The molecule has 0 saturated carbocycles. The molecule has 5 nitrogen and oxygen atoms in total. The van der Waals surface area contributed by atoms with E-state index in [0.717, 1.165) is 5.56 Å². The number of rotatable bonds is 7. The number of aliphatic carboxylic acids is 1. The quantitative estimate of drug-likeness (QED) is 0.804. The van der Waals surface area contributed by atoms with Crippen LogP contribution in [-0.2, 0) is 20.7 Å². The molecule has 0 spiro atoms. The molecule has 2 rings (SSSR count). The van der Waals surface area contributed by atoms with Gasteiger partial charge in [0, 0.05) is 25.7 Å². The highest BCUT2D eigenvalue weighted by atomic mass is 16.5. The van der Waals surface area contributed by atoms with E-state index >= 15 is 0 Å². The van der Waals surface area contributed by atoms with E-state index in [0.29, 0.717) is 32.5 Å². The average Bonchev–Trinajstić information content (AvgIpc) is 2.59. The zero-order valence-electron chi connectivity index (χ0n) is 14.5. The number of carboxylic acid groups (broad SMARTS) is 1. The second kappa shape index (κ2) is 8.29. The molecule has 0 radical (unpaired) electrons. The van der Waals surface area contributed by atoms with Gasteiger partial charge in [-0.05, 0) is 30.7 Å². The van der Waals surface area contributed by atoms with Gasteiger partial charge in [0.1, 0.15) is 0 Å². The Morgan fingerprint density at radius 1 is 1.21 bits per heavy atom. The third kappa shape index (κ3) is 4.57. The van der Waals surface area contributed by atoms with E-state index in [4.69, 9.17) is 4.74 Å². The van der Waals surface area contributed by atoms with Crippen LogP contribution >= 0.6 is 0 Å². The van der Waals surface area contributed by atoms with Crippen LogP contribution in [0.1, 0.15) is 32.3 Å². The second-order valence-electron chi connectivity index (χ2n) is 6.96. The van der Waals surface area contributed by atoms with Gasteiger partial charge in [-0.25, -0.2) is 0 Å². The van der Waals surface area contributed by atoms with Crippen molar-refractivity contribution in [3.05, 3.63) is 35.9 Å². The fourth-order valence-corrected chi connectivity index (χ4v) is 3.11. The van der Waals surface area contributed by atoms with E-state index in [-0.39, 0.29) is 24.3 Å². The summed E-state index contributed by atoms with van der Waals surface area (Å²) in [6.45, 7) is 5.07. The topological polar surface area (TPSA) is 75.6 Å². The van der Waals surface area contributed by atoms with Crippen LogP contribution < -0.4 is 5.32 Å². The zero-order chi connectivity index (χ0) is 17.6. The van der Waals surface area contributed by atoms with E-state index < -0.39 is 11.4 Å². The van der Waals surface area contributed by atoms with Crippen molar-refractivity contribution in [2.24, 2.45) is 17.3 Å². The highest BCUT2D eigenvalue weighted by molar-refractivity contribution is 5.81. The fraction of sp³-hybridized carbons (Fsp3) is 0.579. The Hall–Kier alpha value is -1.88. The first-order valence-electron chi connectivity index (χ1n) is 8.57. The van der Waals surface area contributed by atoms with Crippen molar-refractivity contribution in [1.82, 2.24) is 5.32 Å². The maximum Gasteiger partial charge on any atom is 0.311 e. The number of carbonyl (C=O) groups is 2. The Morgan fingerprint density at radius 2 is 1.83 bits per heavy atom. The molecule has 1 saturated heterocycles. The molecule has 1 fully saturated rings. The van der Waals surface area contributed by atoms with E-state index in [2.05, 4.69) is 5.32 Å². The van der Waals surface area contributed by atoms with Crippen molar-refractivity contribution in [1.29, 1.82) is 0 Å². The lowest BCUT2D eigenvalue weighted by Crippen LogP contribution is -2.48. The highest BCUT2D eigenvalue weighted by Gasteiger charge is 2.41. The predicted octanol–water partition coefficient (Wildman–Crippen LogP) is 2.50. The first kappa shape index (κ1) is 18.5. The van der Waals surface area contributed by atoms with Crippen molar-refractivity contribution < 1.29 is 19.4 Å². The molecule has 0 aromatic heterocycles. The summed E-state index contributed by atoms with van der Waals surface area (Å²) < 4.78 is 5.27. The Bertz CT molecular complexity index is 550. The van der Waals surface area contributed by atoms with E-state index in [1.807, 2.05) is 44.2 Å². The SMILES string of the molecule is CC(C)C(Cc1ccccc1)C(=O)NCC1(C(=O)O)CCOCC1. The minimum absolute atomic E-state index is 0.0685. The monoisotopic (exact) mass is 333 g/mol. The number of hydrogen-bond donors (Lipinski definition) is 2. The molecule has 0 aliphatic carbocycles. The lowest BCUT2D eigenvalue weighted by atomic mass is 9.79. The molecule has 2 N–H and O–H groups in total. The molecule has 1 aliphatic heterocycles. The van der Waals surface area contributed by atoms with Gasteiger partial charge in [-0.15, -0.1) is 0 Å². The molecule has 1 aromatic rings. The minimum Gasteiger partial charge on any atom is -0.481 e. The van der Waals surface area contributed by atoms with E-state index in [1.165, 1.54) is 0 Å². The number of benzene rings is 1. The zero-order valence-corrected chi connectivity index (χ0v) is 14.5. The molecule has 132 valence electrons. The van der Waals surface area contributed by atoms with Crippen LogP contribution in [0, 0.1) is 17.3 Å². The molecule has 1 atom stereocenters. The normalized spacial score (nSPS) is 18.1. The van der Waals surface area contributed by atoms with Gasteiger partial charge in [0.15, 0.2) is 0 Å². The maximum atomic E-state index is 12.7. The largest absolute Gasteiger partial charge is 0.481 e.